The van der Waals surface area contributed by atoms with E-state index in [4.69, 9.17) is 9.84 Å². The van der Waals surface area contributed by atoms with Gasteiger partial charge in [0.15, 0.2) is 0 Å². The van der Waals surface area contributed by atoms with Gasteiger partial charge in [0.1, 0.15) is 5.75 Å². The van der Waals surface area contributed by atoms with Crippen molar-refractivity contribution < 1.29 is 14.6 Å². The Labute approximate surface area is 130 Å². The number of aromatic carboxylic acids is 1. The van der Waals surface area contributed by atoms with Crippen LogP contribution in [0.2, 0.25) is 0 Å². The van der Waals surface area contributed by atoms with Crippen molar-refractivity contribution in [2.24, 2.45) is 4.99 Å². The highest BCUT2D eigenvalue weighted by Crippen LogP contribution is 2.22. The van der Waals surface area contributed by atoms with E-state index in [0.29, 0.717) is 17.9 Å². The van der Waals surface area contributed by atoms with E-state index >= 15 is 0 Å². The minimum absolute atomic E-state index is 0.213. The summed E-state index contributed by atoms with van der Waals surface area (Å²) >= 11 is 0. The monoisotopic (exact) mass is 297 g/mol. The van der Waals surface area contributed by atoms with Crippen molar-refractivity contribution in [2.45, 2.75) is 20.8 Å². The Bertz CT molecular complexity index is 720. The van der Waals surface area contributed by atoms with Gasteiger partial charge in [-0.15, -0.1) is 0 Å². The van der Waals surface area contributed by atoms with Crippen LogP contribution in [0, 0.1) is 13.8 Å². The SMILES string of the molecule is CCOc1ccc(C(=O)O)cc1C=Nc1ccc(C)cc1C. The molecule has 0 unspecified atom stereocenters. The molecule has 0 bridgehead atoms. The lowest BCUT2D eigenvalue weighted by Crippen LogP contribution is -2.01. The molecule has 0 aliphatic carbocycles. The number of hydrogen-bond acceptors (Lipinski definition) is 3. The number of hydrogen-bond donors (Lipinski definition) is 1. The van der Waals surface area contributed by atoms with Crippen LogP contribution in [0.5, 0.6) is 5.75 Å². The predicted octanol–water partition coefficient (Wildman–Crippen LogP) is 4.15. The van der Waals surface area contributed by atoms with E-state index in [1.54, 1.807) is 18.3 Å². The average Bonchev–Trinajstić information content (AvgIpc) is 2.47. The Hall–Kier alpha value is -2.62. The second-order valence-corrected chi connectivity index (χ2v) is 5.04. The van der Waals surface area contributed by atoms with E-state index < -0.39 is 5.97 Å². The molecule has 0 aromatic heterocycles. The van der Waals surface area contributed by atoms with E-state index in [-0.39, 0.29) is 5.56 Å². The van der Waals surface area contributed by atoms with Gasteiger partial charge < -0.3 is 9.84 Å². The van der Waals surface area contributed by atoms with Gasteiger partial charge in [0.05, 0.1) is 17.9 Å². The zero-order valence-corrected chi connectivity index (χ0v) is 13.0. The molecule has 0 heterocycles. The number of benzene rings is 2. The van der Waals surface area contributed by atoms with Crippen LogP contribution >= 0.6 is 0 Å². The van der Waals surface area contributed by atoms with Gasteiger partial charge in [0.25, 0.3) is 0 Å². The molecule has 2 aromatic carbocycles. The summed E-state index contributed by atoms with van der Waals surface area (Å²) in [5, 5.41) is 9.10. The molecule has 4 heteroatoms. The first-order chi connectivity index (χ1) is 10.5. The van der Waals surface area contributed by atoms with Gasteiger partial charge in [-0.05, 0) is 50.6 Å². The van der Waals surface area contributed by atoms with Gasteiger partial charge in [-0.1, -0.05) is 17.7 Å². The van der Waals surface area contributed by atoms with E-state index in [1.165, 1.54) is 11.6 Å². The third-order valence-corrected chi connectivity index (χ3v) is 3.25. The van der Waals surface area contributed by atoms with E-state index in [2.05, 4.69) is 11.1 Å². The summed E-state index contributed by atoms with van der Waals surface area (Å²) in [5.74, 6) is -0.342. The highest BCUT2D eigenvalue weighted by molar-refractivity contribution is 5.93. The van der Waals surface area contributed by atoms with Gasteiger partial charge in [-0.3, -0.25) is 4.99 Å². The summed E-state index contributed by atoms with van der Waals surface area (Å²) in [6.07, 6.45) is 1.65. The zero-order valence-electron chi connectivity index (χ0n) is 13.0. The van der Waals surface area contributed by atoms with Crippen molar-refractivity contribution in [1.29, 1.82) is 0 Å². The normalized spacial score (nSPS) is 10.9. The second-order valence-electron chi connectivity index (χ2n) is 5.04. The van der Waals surface area contributed by atoms with Crippen LogP contribution in [-0.2, 0) is 0 Å². The highest BCUT2D eigenvalue weighted by Gasteiger charge is 2.08. The van der Waals surface area contributed by atoms with Crippen LogP contribution in [0.1, 0.15) is 34.0 Å². The molecular formula is C18H19NO3. The maximum atomic E-state index is 11.1. The number of carboxylic acids is 1. The first kappa shape index (κ1) is 15.8. The summed E-state index contributed by atoms with van der Waals surface area (Å²) < 4.78 is 5.53. The second kappa shape index (κ2) is 6.89. The van der Waals surface area contributed by atoms with Crippen LogP contribution < -0.4 is 4.74 Å². The smallest absolute Gasteiger partial charge is 0.335 e. The lowest BCUT2D eigenvalue weighted by atomic mass is 10.1. The number of aryl methyl sites for hydroxylation is 2. The fraction of sp³-hybridized carbons (Fsp3) is 0.222. The third kappa shape index (κ3) is 3.73. The lowest BCUT2D eigenvalue weighted by Gasteiger charge is -2.08. The fourth-order valence-corrected chi connectivity index (χ4v) is 2.16. The Morgan fingerprint density at radius 2 is 2.00 bits per heavy atom. The molecule has 0 atom stereocenters. The third-order valence-electron chi connectivity index (χ3n) is 3.25. The quantitative estimate of drug-likeness (QED) is 0.843. The molecule has 0 aliphatic heterocycles. The Morgan fingerprint density at radius 3 is 2.64 bits per heavy atom. The summed E-state index contributed by atoms with van der Waals surface area (Å²) in [5.41, 5.74) is 3.98. The van der Waals surface area contributed by atoms with Crippen LogP contribution in [-0.4, -0.2) is 23.9 Å². The zero-order chi connectivity index (χ0) is 16.1. The molecule has 0 saturated heterocycles. The largest absolute Gasteiger partial charge is 0.493 e. The Morgan fingerprint density at radius 1 is 1.23 bits per heavy atom. The standard InChI is InChI=1S/C18H19NO3/c1-4-22-17-8-6-14(18(20)21)10-15(17)11-19-16-7-5-12(2)9-13(16)3/h5-11H,4H2,1-3H3,(H,20,21). The minimum atomic E-state index is -0.968. The number of aliphatic imine (C=N–C) groups is 1. The van der Waals surface area contributed by atoms with Gasteiger partial charge in [-0.25, -0.2) is 4.79 Å². The molecular weight excluding hydrogens is 278 g/mol. The molecule has 0 amide bonds. The summed E-state index contributed by atoms with van der Waals surface area (Å²) in [7, 11) is 0. The highest BCUT2D eigenvalue weighted by atomic mass is 16.5. The molecule has 2 rings (SSSR count). The summed E-state index contributed by atoms with van der Waals surface area (Å²) in [6, 6.07) is 10.8. The first-order valence-electron chi connectivity index (χ1n) is 7.12. The van der Waals surface area contributed by atoms with Gasteiger partial charge in [-0.2, -0.15) is 0 Å². The van der Waals surface area contributed by atoms with Crippen molar-refractivity contribution in [1.82, 2.24) is 0 Å². The summed E-state index contributed by atoms with van der Waals surface area (Å²) in [4.78, 5) is 15.6. The van der Waals surface area contributed by atoms with E-state index in [9.17, 15) is 4.79 Å². The van der Waals surface area contributed by atoms with Crippen LogP contribution in [0.25, 0.3) is 0 Å². The first-order valence-corrected chi connectivity index (χ1v) is 7.12. The molecule has 0 aliphatic rings. The molecule has 0 fully saturated rings. The van der Waals surface area contributed by atoms with Crippen LogP contribution in [0.3, 0.4) is 0 Å². The number of carbonyl (C=O) groups is 1. The Kier molecular flexibility index (Phi) is 4.94. The lowest BCUT2D eigenvalue weighted by molar-refractivity contribution is 0.0697. The van der Waals surface area contributed by atoms with Gasteiger partial charge in [0, 0.05) is 11.8 Å². The van der Waals surface area contributed by atoms with Crippen LogP contribution in [0.15, 0.2) is 41.4 Å². The average molecular weight is 297 g/mol. The van der Waals surface area contributed by atoms with Crippen molar-refractivity contribution in [3.8, 4) is 5.75 Å². The van der Waals surface area contributed by atoms with E-state index in [0.717, 1.165) is 11.3 Å². The van der Waals surface area contributed by atoms with Gasteiger partial charge >= 0.3 is 5.97 Å². The maximum absolute atomic E-state index is 11.1. The number of carboxylic acid groups (broad SMARTS) is 1. The molecule has 4 nitrogen and oxygen atoms in total. The predicted molar refractivity (Wildman–Crippen MR) is 87.7 cm³/mol. The van der Waals surface area contributed by atoms with Gasteiger partial charge in [0.2, 0.25) is 0 Å². The Balaban J connectivity index is 2.39. The minimum Gasteiger partial charge on any atom is -0.493 e. The molecule has 0 radical (unpaired) electrons. The molecule has 0 saturated carbocycles. The van der Waals surface area contributed by atoms with Crippen molar-refractivity contribution in [3.63, 3.8) is 0 Å². The van der Waals surface area contributed by atoms with E-state index in [1.807, 2.05) is 32.9 Å². The fourth-order valence-electron chi connectivity index (χ4n) is 2.16. The molecule has 0 spiro atoms. The molecule has 22 heavy (non-hydrogen) atoms. The van der Waals surface area contributed by atoms with Crippen molar-refractivity contribution in [3.05, 3.63) is 58.7 Å². The summed E-state index contributed by atoms with van der Waals surface area (Å²) in [6.45, 7) is 6.42. The molecule has 1 N–H and O–H groups in total. The van der Waals surface area contributed by atoms with Crippen molar-refractivity contribution in [2.75, 3.05) is 6.61 Å². The maximum Gasteiger partial charge on any atom is 0.335 e. The number of ether oxygens (including phenoxy) is 1. The van der Waals surface area contributed by atoms with Crippen molar-refractivity contribution >= 4 is 17.9 Å². The molecule has 2 aromatic rings. The number of rotatable bonds is 5. The topological polar surface area (TPSA) is 58.9 Å². The molecule has 114 valence electrons. The number of nitrogens with zero attached hydrogens (tertiary/aromatic N) is 1. The van der Waals surface area contributed by atoms with Crippen LogP contribution in [0.4, 0.5) is 5.69 Å².